The minimum atomic E-state index is -0.388. The summed E-state index contributed by atoms with van der Waals surface area (Å²) in [5, 5.41) is 8.15. The molecular weight excluding hydrogens is 198 g/mol. The number of benzene rings is 1. The minimum absolute atomic E-state index is 0.338. The fourth-order valence-corrected chi connectivity index (χ4v) is 2.32. The van der Waals surface area contributed by atoms with Crippen LogP contribution in [0.1, 0.15) is 5.56 Å². The summed E-state index contributed by atoms with van der Waals surface area (Å²) in [4.78, 5) is 12.2. The van der Waals surface area contributed by atoms with Gasteiger partial charge in [-0.3, -0.25) is 10.0 Å². The molecule has 1 aliphatic heterocycles. The highest BCUT2D eigenvalue weighted by Gasteiger charge is 2.20. The number of hydroxylamine groups is 1. The lowest BCUT2D eigenvalue weighted by molar-refractivity contribution is -0.127. The first-order valence-electron chi connectivity index (χ1n) is 4.19. The van der Waals surface area contributed by atoms with Crippen LogP contribution in [-0.4, -0.2) is 16.4 Å². The number of thioether (sulfide) groups is 1. The highest BCUT2D eigenvalue weighted by Crippen LogP contribution is 2.32. The summed E-state index contributed by atoms with van der Waals surface area (Å²) in [6, 6.07) is 7.84. The third-order valence-electron chi connectivity index (χ3n) is 1.99. The smallest absolute Gasteiger partial charge is 0.260 e. The number of amides is 1. The van der Waals surface area contributed by atoms with Crippen molar-refractivity contribution >= 4 is 23.7 Å². The summed E-state index contributed by atoms with van der Waals surface area (Å²) in [6.45, 7) is 0. The summed E-state index contributed by atoms with van der Waals surface area (Å²) in [7, 11) is 0. The molecule has 1 amide bonds. The van der Waals surface area contributed by atoms with E-state index < -0.39 is 0 Å². The van der Waals surface area contributed by atoms with Crippen molar-refractivity contribution in [3.8, 4) is 0 Å². The van der Waals surface area contributed by atoms with Crippen LogP contribution < -0.4 is 5.48 Å². The van der Waals surface area contributed by atoms with Gasteiger partial charge >= 0.3 is 0 Å². The highest BCUT2D eigenvalue weighted by atomic mass is 32.2. The van der Waals surface area contributed by atoms with Crippen LogP contribution in [0.3, 0.4) is 0 Å². The van der Waals surface area contributed by atoms with Crippen molar-refractivity contribution in [2.45, 2.75) is 10.1 Å². The average molecular weight is 207 g/mol. The summed E-state index contributed by atoms with van der Waals surface area (Å²) in [5.74, 6) is -0.388. The van der Waals surface area contributed by atoms with Gasteiger partial charge in [-0.15, -0.1) is 11.8 Å². The fraction of sp³-hybridized carbons (Fsp3) is 0.100. The molecule has 0 spiro atoms. The van der Waals surface area contributed by atoms with E-state index in [1.807, 2.05) is 30.3 Å². The van der Waals surface area contributed by atoms with Gasteiger partial charge < -0.3 is 0 Å². The standard InChI is InChI=1S/C10H9NO2S/c12-10(11-13)9-6-5-7-3-1-2-4-8(7)14-9/h1-6,9,13H,(H,11,12). The quantitative estimate of drug-likeness (QED) is 0.544. The molecule has 0 saturated heterocycles. The second kappa shape index (κ2) is 3.86. The zero-order valence-electron chi connectivity index (χ0n) is 7.31. The molecule has 0 radical (unpaired) electrons. The van der Waals surface area contributed by atoms with Crippen LogP contribution >= 0.6 is 11.8 Å². The van der Waals surface area contributed by atoms with Crippen molar-refractivity contribution in [2.75, 3.05) is 0 Å². The van der Waals surface area contributed by atoms with Gasteiger partial charge in [0.05, 0.1) is 0 Å². The van der Waals surface area contributed by atoms with Gasteiger partial charge in [0.2, 0.25) is 0 Å². The van der Waals surface area contributed by atoms with Crippen LogP contribution in [0.5, 0.6) is 0 Å². The second-order valence-corrected chi connectivity index (χ2v) is 4.09. The van der Waals surface area contributed by atoms with E-state index in [1.165, 1.54) is 11.8 Å². The number of rotatable bonds is 1. The summed E-state index contributed by atoms with van der Waals surface area (Å²) in [5.41, 5.74) is 2.77. The number of nitrogens with one attached hydrogen (secondary N) is 1. The molecular formula is C10H9NO2S. The molecule has 72 valence electrons. The SMILES string of the molecule is O=C(NO)C1C=Cc2ccccc2S1. The van der Waals surface area contributed by atoms with E-state index in [9.17, 15) is 4.79 Å². The molecule has 1 aromatic rings. The van der Waals surface area contributed by atoms with E-state index in [1.54, 1.807) is 11.6 Å². The Kier molecular flexibility index (Phi) is 2.56. The van der Waals surface area contributed by atoms with Gasteiger partial charge in [-0.05, 0) is 11.6 Å². The zero-order valence-corrected chi connectivity index (χ0v) is 8.12. The number of hydrogen-bond acceptors (Lipinski definition) is 3. The maximum absolute atomic E-state index is 11.1. The van der Waals surface area contributed by atoms with Gasteiger partial charge in [-0.2, -0.15) is 0 Å². The summed E-state index contributed by atoms with van der Waals surface area (Å²) >= 11 is 1.43. The van der Waals surface area contributed by atoms with E-state index in [0.29, 0.717) is 0 Å². The Labute approximate surface area is 85.8 Å². The predicted molar refractivity (Wildman–Crippen MR) is 55.1 cm³/mol. The Morgan fingerprint density at radius 3 is 3.00 bits per heavy atom. The average Bonchev–Trinajstić information content (AvgIpc) is 2.27. The third kappa shape index (κ3) is 1.66. The predicted octanol–water partition coefficient (Wildman–Crippen LogP) is 1.68. The number of carbonyl (C=O) groups excluding carboxylic acids is 1. The number of hydrogen-bond donors (Lipinski definition) is 2. The largest absolute Gasteiger partial charge is 0.289 e. The Balaban J connectivity index is 2.25. The molecule has 3 nitrogen and oxygen atoms in total. The molecule has 0 aliphatic carbocycles. The molecule has 1 heterocycles. The molecule has 1 atom stereocenters. The molecule has 4 heteroatoms. The first kappa shape index (κ1) is 9.30. The number of fused-ring (bicyclic) bond motifs is 1. The molecule has 0 aromatic heterocycles. The van der Waals surface area contributed by atoms with Crippen LogP contribution in [0, 0.1) is 0 Å². The Bertz CT molecular complexity index is 389. The van der Waals surface area contributed by atoms with Crippen molar-refractivity contribution in [3.05, 3.63) is 35.9 Å². The van der Waals surface area contributed by atoms with Crippen molar-refractivity contribution in [1.82, 2.24) is 5.48 Å². The fourth-order valence-electron chi connectivity index (χ4n) is 1.30. The monoisotopic (exact) mass is 207 g/mol. The van der Waals surface area contributed by atoms with Gasteiger partial charge in [-0.25, -0.2) is 5.48 Å². The second-order valence-electron chi connectivity index (χ2n) is 2.91. The molecule has 0 saturated carbocycles. The molecule has 1 aromatic carbocycles. The van der Waals surface area contributed by atoms with Gasteiger partial charge in [0.1, 0.15) is 5.25 Å². The van der Waals surface area contributed by atoms with Gasteiger partial charge in [0.25, 0.3) is 5.91 Å². The first-order chi connectivity index (χ1) is 6.81. The van der Waals surface area contributed by atoms with Crippen LogP contribution in [0.4, 0.5) is 0 Å². The normalized spacial score (nSPS) is 18.8. The van der Waals surface area contributed by atoms with E-state index >= 15 is 0 Å². The highest BCUT2D eigenvalue weighted by molar-refractivity contribution is 8.01. The van der Waals surface area contributed by atoms with Crippen LogP contribution in [-0.2, 0) is 4.79 Å². The van der Waals surface area contributed by atoms with E-state index in [-0.39, 0.29) is 11.2 Å². The van der Waals surface area contributed by atoms with E-state index in [0.717, 1.165) is 10.5 Å². The molecule has 1 unspecified atom stereocenters. The molecule has 2 rings (SSSR count). The van der Waals surface area contributed by atoms with Crippen molar-refractivity contribution in [1.29, 1.82) is 0 Å². The molecule has 0 fully saturated rings. The maximum Gasteiger partial charge on any atom is 0.260 e. The van der Waals surface area contributed by atoms with Crippen LogP contribution in [0.25, 0.3) is 6.08 Å². The van der Waals surface area contributed by atoms with E-state index in [4.69, 9.17) is 5.21 Å². The lowest BCUT2D eigenvalue weighted by Crippen LogP contribution is -2.29. The summed E-state index contributed by atoms with van der Waals surface area (Å²) < 4.78 is 0. The molecule has 14 heavy (non-hydrogen) atoms. The Morgan fingerprint density at radius 2 is 2.21 bits per heavy atom. The lowest BCUT2D eigenvalue weighted by Gasteiger charge is -2.16. The van der Waals surface area contributed by atoms with Crippen molar-refractivity contribution in [3.63, 3.8) is 0 Å². The van der Waals surface area contributed by atoms with Gasteiger partial charge in [0, 0.05) is 4.90 Å². The van der Waals surface area contributed by atoms with Crippen molar-refractivity contribution in [2.24, 2.45) is 0 Å². The Morgan fingerprint density at radius 1 is 1.43 bits per heavy atom. The molecule has 2 N–H and O–H groups in total. The minimum Gasteiger partial charge on any atom is -0.289 e. The summed E-state index contributed by atoms with van der Waals surface area (Å²) in [6.07, 6.45) is 3.67. The first-order valence-corrected chi connectivity index (χ1v) is 5.07. The topological polar surface area (TPSA) is 49.3 Å². The van der Waals surface area contributed by atoms with Gasteiger partial charge in [-0.1, -0.05) is 30.4 Å². The number of carbonyl (C=O) groups is 1. The Hall–Kier alpha value is -1.26. The van der Waals surface area contributed by atoms with Crippen LogP contribution in [0.2, 0.25) is 0 Å². The van der Waals surface area contributed by atoms with E-state index in [2.05, 4.69) is 0 Å². The van der Waals surface area contributed by atoms with Crippen LogP contribution in [0.15, 0.2) is 35.2 Å². The molecule has 0 bridgehead atoms. The lowest BCUT2D eigenvalue weighted by atomic mass is 10.2. The van der Waals surface area contributed by atoms with Gasteiger partial charge in [0.15, 0.2) is 0 Å². The molecule has 1 aliphatic rings. The maximum atomic E-state index is 11.1. The zero-order chi connectivity index (χ0) is 9.97. The van der Waals surface area contributed by atoms with Crippen molar-refractivity contribution < 1.29 is 10.0 Å². The third-order valence-corrected chi connectivity index (χ3v) is 3.24.